The molecule has 0 spiro atoms. The smallest absolute Gasteiger partial charge is 0.295 e. The average molecular weight is 557 g/mol. The molecule has 1 atom stereocenters. The molecule has 0 saturated carbocycles. The van der Waals surface area contributed by atoms with Gasteiger partial charge in [-0.25, -0.2) is 0 Å². The van der Waals surface area contributed by atoms with Crippen LogP contribution in [0.4, 0.5) is 0 Å². The van der Waals surface area contributed by atoms with Crippen molar-refractivity contribution in [3.8, 4) is 5.75 Å². The van der Waals surface area contributed by atoms with Gasteiger partial charge in [-0.1, -0.05) is 53.5 Å². The Labute approximate surface area is 220 Å². The van der Waals surface area contributed by atoms with Gasteiger partial charge in [-0.2, -0.15) is 0 Å². The van der Waals surface area contributed by atoms with Crippen LogP contribution in [0, 0.1) is 0 Å². The van der Waals surface area contributed by atoms with Gasteiger partial charge in [-0.05, 0) is 42.7 Å². The minimum absolute atomic E-state index is 0.119. The number of hydrogen-bond acceptors (Lipinski definition) is 6. The van der Waals surface area contributed by atoms with Crippen molar-refractivity contribution in [3.63, 3.8) is 0 Å². The molecule has 2 aliphatic heterocycles. The Morgan fingerprint density at radius 3 is 2.39 bits per heavy atom. The molecular formula is C28H33BrN2O5. The number of nitrogens with zero attached hydrogens (tertiary/aromatic N) is 2. The van der Waals surface area contributed by atoms with Crippen molar-refractivity contribution >= 4 is 33.4 Å². The summed E-state index contributed by atoms with van der Waals surface area (Å²) >= 11 is 3.40. The van der Waals surface area contributed by atoms with Crippen molar-refractivity contribution in [3.05, 3.63) is 69.7 Å². The first-order chi connectivity index (χ1) is 17.5. The lowest BCUT2D eigenvalue weighted by Gasteiger charge is -2.29. The van der Waals surface area contributed by atoms with Crippen LogP contribution in [0.15, 0.2) is 58.6 Å². The fraction of sp³-hybridized carbons (Fsp3) is 0.429. The summed E-state index contributed by atoms with van der Waals surface area (Å²) in [6, 6.07) is 13.9. The van der Waals surface area contributed by atoms with Gasteiger partial charge in [-0.15, -0.1) is 0 Å². The molecule has 2 fully saturated rings. The Morgan fingerprint density at radius 2 is 1.72 bits per heavy atom. The van der Waals surface area contributed by atoms with E-state index in [2.05, 4.69) is 27.8 Å². The third-order valence-electron chi connectivity index (χ3n) is 6.60. The zero-order valence-electron chi connectivity index (χ0n) is 20.6. The summed E-state index contributed by atoms with van der Waals surface area (Å²) in [5, 5.41) is 11.2. The lowest BCUT2D eigenvalue weighted by atomic mass is 9.95. The summed E-state index contributed by atoms with van der Waals surface area (Å²) in [4.78, 5) is 30.3. The van der Waals surface area contributed by atoms with E-state index in [0.29, 0.717) is 31.9 Å². The lowest BCUT2D eigenvalue weighted by Crippen LogP contribution is -2.38. The number of aliphatic hydroxyl groups excluding tert-OH is 1. The molecule has 1 unspecified atom stereocenters. The second-order valence-corrected chi connectivity index (χ2v) is 9.99. The quantitative estimate of drug-likeness (QED) is 0.196. The molecule has 192 valence electrons. The molecule has 8 heteroatoms. The number of halogens is 1. The number of unbranched alkanes of at least 4 members (excludes halogenated alkanes) is 1. The first-order valence-corrected chi connectivity index (χ1v) is 13.4. The lowest BCUT2D eigenvalue weighted by molar-refractivity contribution is -0.140. The SMILES string of the molecule is CCCCOc1ccc(C2/C(=C(\O)c3ccc(Br)cc3)C(=O)C(=O)N2CCCN2CCOCC2)cc1. The number of carbonyl (C=O) groups is 2. The number of ketones is 1. The van der Waals surface area contributed by atoms with E-state index in [0.717, 1.165) is 54.7 Å². The maximum Gasteiger partial charge on any atom is 0.295 e. The van der Waals surface area contributed by atoms with Crippen LogP contribution < -0.4 is 4.74 Å². The number of benzene rings is 2. The predicted octanol–water partition coefficient (Wildman–Crippen LogP) is 4.77. The van der Waals surface area contributed by atoms with Crippen LogP contribution in [0.2, 0.25) is 0 Å². The number of amides is 1. The van der Waals surface area contributed by atoms with E-state index in [1.54, 1.807) is 29.2 Å². The monoisotopic (exact) mass is 556 g/mol. The highest BCUT2D eigenvalue weighted by atomic mass is 79.9. The van der Waals surface area contributed by atoms with Gasteiger partial charge in [-0.3, -0.25) is 14.5 Å². The molecule has 0 aliphatic carbocycles. The predicted molar refractivity (Wildman–Crippen MR) is 142 cm³/mol. The largest absolute Gasteiger partial charge is 0.507 e. The molecule has 0 aromatic heterocycles. The van der Waals surface area contributed by atoms with Crippen molar-refractivity contribution < 1.29 is 24.2 Å². The van der Waals surface area contributed by atoms with Crippen molar-refractivity contribution in [1.82, 2.24) is 9.80 Å². The maximum absolute atomic E-state index is 13.2. The van der Waals surface area contributed by atoms with E-state index in [4.69, 9.17) is 9.47 Å². The molecule has 2 aromatic rings. The molecule has 4 rings (SSSR count). The molecule has 2 saturated heterocycles. The first kappa shape index (κ1) is 26.4. The third-order valence-corrected chi connectivity index (χ3v) is 7.13. The summed E-state index contributed by atoms with van der Waals surface area (Å²) in [7, 11) is 0. The van der Waals surface area contributed by atoms with Crippen LogP contribution in [-0.2, 0) is 14.3 Å². The van der Waals surface area contributed by atoms with Crippen LogP contribution in [0.1, 0.15) is 43.4 Å². The van der Waals surface area contributed by atoms with Crippen molar-refractivity contribution in [2.24, 2.45) is 0 Å². The first-order valence-electron chi connectivity index (χ1n) is 12.6. The normalized spacial score (nSPS) is 20.2. The highest BCUT2D eigenvalue weighted by molar-refractivity contribution is 9.10. The highest BCUT2D eigenvalue weighted by Gasteiger charge is 2.45. The number of aliphatic hydroxyl groups is 1. The highest BCUT2D eigenvalue weighted by Crippen LogP contribution is 2.40. The Bertz CT molecular complexity index is 1080. The fourth-order valence-electron chi connectivity index (χ4n) is 4.59. The van der Waals surface area contributed by atoms with E-state index in [1.165, 1.54) is 0 Å². The minimum atomic E-state index is -0.664. The van der Waals surface area contributed by atoms with Crippen molar-refractivity contribution in [2.45, 2.75) is 32.2 Å². The van der Waals surface area contributed by atoms with Gasteiger partial charge in [0.1, 0.15) is 11.5 Å². The topological polar surface area (TPSA) is 79.3 Å². The molecule has 0 bridgehead atoms. The number of Topliss-reactive ketones (excluding diaryl/α,β-unsaturated/α-hetero) is 1. The molecule has 7 nitrogen and oxygen atoms in total. The molecule has 2 aromatic carbocycles. The second kappa shape index (κ2) is 12.5. The van der Waals surface area contributed by atoms with E-state index in [1.807, 2.05) is 24.3 Å². The van der Waals surface area contributed by atoms with E-state index in [-0.39, 0.29) is 11.3 Å². The summed E-state index contributed by atoms with van der Waals surface area (Å²) in [6.45, 7) is 7.14. The Morgan fingerprint density at radius 1 is 1.03 bits per heavy atom. The fourth-order valence-corrected chi connectivity index (χ4v) is 4.85. The van der Waals surface area contributed by atoms with Gasteiger partial charge in [0.05, 0.1) is 31.4 Å². The third kappa shape index (κ3) is 6.17. The van der Waals surface area contributed by atoms with E-state index < -0.39 is 17.7 Å². The molecule has 1 N–H and O–H groups in total. The van der Waals surface area contributed by atoms with Crippen LogP contribution in [0.25, 0.3) is 5.76 Å². The number of ether oxygens (including phenoxy) is 2. The summed E-state index contributed by atoms with van der Waals surface area (Å²) < 4.78 is 12.1. The Balaban J connectivity index is 1.62. The van der Waals surface area contributed by atoms with Gasteiger partial charge < -0.3 is 19.5 Å². The van der Waals surface area contributed by atoms with Crippen LogP contribution in [-0.4, -0.2) is 72.6 Å². The summed E-state index contributed by atoms with van der Waals surface area (Å²) in [5.74, 6) is -0.659. The molecule has 0 radical (unpaired) electrons. The Hall–Kier alpha value is -2.68. The van der Waals surface area contributed by atoms with Gasteiger partial charge in [0.2, 0.25) is 0 Å². The van der Waals surface area contributed by atoms with Gasteiger partial charge in [0.15, 0.2) is 0 Å². The molecular weight excluding hydrogens is 524 g/mol. The van der Waals surface area contributed by atoms with Crippen molar-refractivity contribution in [1.29, 1.82) is 0 Å². The standard InChI is InChI=1S/C28H33BrN2O5/c1-2-3-17-36-23-11-7-20(8-12-23)25-24(26(32)21-5-9-22(29)10-6-21)27(33)28(34)31(25)14-4-13-30-15-18-35-19-16-30/h5-12,25,32H,2-4,13-19H2,1H3/b26-24+. The van der Waals surface area contributed by atoms with Crippen molar-refractivity contribution in [2.75, 3.05) is 46.0 Å². The van der Waals surface area contributed by atoms with Crippen LogP contribution in [0.5, 0.6) is 5.75 Å². The number of rotatable bonds is 10. The molecule has 2 aliphatic rings. The zero-order chi connectivity index (χ0) is 25.5. The number of hydrogen-bond donors (Lipinski definition) is 1. The molecule has 1 amide bonds. The van der Waals surface area contributed by atoms with E-state index >= 15 is 0 Å². The van der Waals surface area contributed by atoms with Crippen LogP contribution in [0.3, 0.4) is 0 Å². The van der Waals surface area contributed by atoms with Gasteiger partial charge in [0, 0.05) is 36.2 Å². The molecule has 2 heterocycles. The number of carbonyl (C=O) groups excluding carboxylic acids is 2. The average Bonchev–Trinajstić information content (AvgIpc) is 3.15. The van der Waals surface area contributed by atoms with E-state index in [9.17, 15) is 14.7 Å². The van der Waals surface area contributed by atoms with Gasteiger partial charge >= 0.3 is 0 Å². The Kier molecular flexibility index (Phi) is 9.18. The minimum Gasteiger partial charge on any atom is -0.507 e. The summed E-state index contributed by atoms with van der Waals surface area (Å²) in [5.41, 5.74) is 1.38. The van der Waals surface area contributed by atoms with Crippen LogP contribution >= 0.6 is 15.9 Å². The number of likely N-dealkylation sites (tertiary alicyclic amines) is 1. The number of morpholine rings is 1. The molecule has 36 heavy (non-hydrogen) atoms. The maximum atomic E-state index is 13.2. The second-order valence-electron chi connectivity index (χ2n) is 9.08. The zero-order valence-corrected chi connectivity index (χ0v) is 22.2. The van der Waals surface area contributed by atoms with Gasteiger partial charge in [0.25, 0.3) is 11.7 Å². The summed E-state index contributed by atoms with van der Waals surface area (Å²) in [6.07, 6.45) is 2.74.